The van der Waals surface area contributed by atoms with Crippen LogP contribution in [0.15, 0.2) is 0 Å². The highest BCUT2D eigenvalue weighted by Gasteiger charge is 2.42. The van der Waals surface area contributed by atoms with Crippen LogP contribution >= 0.6 is 0 Å². The molecule has 1 N–H and O–H groups in total. The van der Waals surface area contributed by atoms with Crippen LogP contribution in [-0.4, -0.2) is 43.3 Å². The van der Waals surface area contributed by atoms with Crippen molar-refractivity contribution in [1.82, 2.24) is 10.2 Å². The molecular weight excluding hydrogens is 265 g/mol. The van der Waals surface area contributed by atoms with Crippen molar-refractivity contribution in [1.29, 1.82) is 0 Å². The Balaban J connectivity index is 1.67. The molecule has 0 amide bonds. The highest BCUT2D eigenvalue weighted by Crippen LogP contribution is 2.37. The van der Waals surface area contributed by atoms with Gasteiger partial charge in [-0.2, -0.15) is 13.2 Å². The number of halogens is 3. The van der Waals surface area contributed by atoms with Crippen molar-refractivity contribution in [2.45, 2.75) is 57.7 Å². The van der Waals surface area contributed by atoms with Crippen LogP contribution in [-0.2, 0) is 0 Å². The summed E-state index contributed by atoms with van der Waals surface area (Å²) in [6, 6.07) is 0.0522. The van der Waals surface area contributed by atoms with Gasteiger partial charge in [-0.05, 0) is 57.7 Å². The van der Waals surface area contributed by atoms with Gasteiger partial charge in [0.2, 0.25) is 0 Å². The Kier molecular flexibility index (Phi) is 5.73. The van der Waals surface area contributed by atoms with E-state index in [0.29, 0.717) is 18.8 Å². The molecule has 2 rings (SSSR count). The van der Waals surface area contributed by atoms with Crippen molar-refractivity contribution in [3.63, 3.8) is 0 Å². The van der Waals surface area contributed by atoms with E-state index in [1.165, 1.54) is 25.9 Å². The average Bonchev–Trinajstić information content (AvgIpc) is 2.88. The van der Waals surface area contributed by atoms with Gasteiger partial charge in [0.25, 0.3) is 0 Å². The summed E-state index contributed by atoms with van der Waals surface area (Å²) < 4.78 is 38.2. The third kappa shape index (κ3) is 4.92. The summed E-state index contributed by atoms with van der Waals surface area (Å²) in [6.45, 7) is 6.47. The van der Waals surface area contributed by atoms with Crippen molar-refractivity contribution in [2.75, 3.05) is 26.2 Å². The lowest BCUT2D eigenvalue weighted by Gasteiger charge is -2.32. The largest absolute Gasteiger partial charge is 0.391 e. The third-order valence-corrected chi connectivity index (χ3v) is 4.66. The van der Waals surface area contributed by atoms with Crippen molar-refractivity contribution < 1.29 is 13.2 Å². The molecule has 0 spiro atoms. The topological polar surface area (TPSA) is 15.3 Å². The van der Waals surface area contributed by atoms with E-state index in [1.54, 1.807) is 0 Å². The maximum atomic E-state index is 12.7. The zero-order valence-electron chi connectivity index (χ0n) is 12.4. The van der Waals surface area contributed by atoms with Crippen molar-refractivity contribution in [2.24, 2.45) is 11.8 Å². The van der Waals surface area contributed by atoms with Gasteiger partial charge in [-0.3, -0.25) is 0 Å². The zero-order chi connectivity index (χ0) is 14.6. The molecule has 5 heteroatoms. The van der Waals surface area contributed by atoms with Gasteiger partial charge in [0.1, 0.15) is 0 Å². The predicted octanol–water partition coefficient (Wildman–Crippen LogP) is 3.43. The average molecular weight is 292 g/mol. The maximum absolute atomic E-state index is 12.7. The molecule has 1 saturated carbocycles. The Bertz CT molecular complexity index is 287. The normalized spacial score (nSPS) is 30.6. The minimum Gasteiger partial charge on any atom is -0.314 e. The Morgan fingerprint density at radius 3 is 2.50 bits per heavy atom. The van der Waals surface area contributed by atoms with Crippen LogP contribution in [0.2, 0.25) is 0 Å². The van der Waals surface area contributed by atoms with Crippen LogP contribution in [0.4, 0.5) is 13.2 Å². The lowest BCUT2D eigenvalue weighted by molar-refractivity contribution is -0.183. The minimum atomic E-state index is -4.01. The van der Waals surface area contributed by atoms with Gasteiger partial charge >= 0.3 is 6.18 Å². The van der Waals surface area contributed by atoms with Crippen LogP contribution in [0.1, 0.15) is 45.4 Å². The first-order valence-electron chi connectivity index (χ1n) is 7.97. The molecule has 1 aliphatic carbocycles. The molecule has 118 valence electrons. The highest BCUT2D eigenvalue weighted by molar-refractivity contribution is 4.82. The van der Waals surface area contributed by atoms with Crippen molar-refractivity contribution in [3.05, 3.63) is 0 Å². The fourth-order valence-corrected chi connectivity index (χ4v) is 3.51. The number of alkyl halides is 3. The Labute approximate surface area is 120 Å². The summed E-state index contributed by atoms with van der Waals surface area (Å²) in [5, 5.41) is 3.37. The Hall–Kier alpha value is -0.290. The Morgan fingerprint density at radius 1 is 1.15 bits per heavy atom. The van der Waals surface area contributed by atoms with Crippen LogP contribution in [0.3, 0.4) is 0 Å². The number of nitrogens with one attached hydrogen (secondary N) is 1. The van der Waals surface area contributed by atoms with E-state index in [0.717, 1.165) is 19.5 Å². The molecule has 0 radical (unpaired) electrons. The molecule has 3 unspecified atom stereocenters. The van der Waals surface area contributed by atoms with Crippen LogP contribution < -0.4 is 5.32 Å². The summed E-state index contributed by atoms with van der Waals surface area (Å²) in [5.41, 5.74) is 0. The molecule has 2 fully saturated rings. The van der Waals surface area contributed by atoms with Gasteiger partial charge in [-0.15, -0.1) is 0 Å². The van der Waals surface area contributed by atoms with E-state index in [9.17, 15) is 13.2 Å². The first kappa shape index (κ1) is 16.1. The van der Waals surface area contributed by atoms with Gasteiger partial charge in [0.15, 0.2) is 0 Å². The van der Waals surface area contributed by atoms with Gasteiger partial charge in [0.05, 0.1) is 5.92 Å². The first-order chi connectivity index (χ1) is 9.45. The van der Waals surface area contributed by atoms with E-state index in [1.807, 2.05) is 0 Å². The molecule has 0 aromatic heterocycles. The molecule has 1 heterocycles. The lowest BCUT2D eigenvalue weighted by atomic mass is 9.85. The second kappa shape index (κ2) is 7.12. The standard InChI is InChI=1S/C15H27F3N2/c1-12(11-20-7-2-3-8-20)10-19-14-6-4-5-13(9-14)15(16,17)18/h12-14,19H,2-11H2,1H3. The highest BCUT2D eigenvalue weighted by atomic mass is 19.4. The number of nitrogens with zero attached hydrogens (tertiary/aromatic N) is 1. The zero-order valence-corrected chi connectivity index (χ0v) is 12.4. The van der Waals surface area contributed by atoms with Crippen molar-refractivity contribution >= 4 is 0 Å². The molecule has 0 aromatic carbocycles. The summed E-state index contributed by atoms with van der Waals surface area (Å²) >= 11 is 0. The molecule has 1 saturated heterocycles. The first-order valence-corrected chi connectivity index (χ1v) is 7.97. The maximum Gasteiger partial charge on any atom is 0.391 e. The summed E-state index contributed by atoms with van der Waals surface area (Å²) in [4.78, 5) is 2.46. The molecule has 2 aliphatic rings. The quantitative estimate of drug-likeness (QED) is 0.835. The van der Waals surface area contributed by atoms with Gasteiger partial charge in [0, 0.05) is 12.6 Å². The smallest absolute Gasteiger partial charge is 0.314 e. The fourth-order valence-electron chi connectivity index (χ4n) is 3.51. The molecule has 3 atom stereocenters. The molecule has 0 bridgehead atoms. The molecule has 20 heavy (non-hydrogen) atoms. The molecule has 0 aromatic rings. The lowest BCUT2D eigenvalue weighted by Crippen LogP contribution is -2.41. The van der Waals surface area contributed by atoms with E-state index >= 15 is 0 Å². The van der Waals surface area contributed by atoms with Crippen LogP contribution in [0.5, 0.6) is 0 Å². The number of rotatable bonds is 5. The Morgan fingerprint density at radius 2 is 1.85 bits per heavy atom. The summed E-state index contributed by atoms with van der Waals surface area (Å²) in [5.74, 6) is -0.581. The van der Waals surface area contributed by atoms with E-state index in [-0.39, 0.29) is 12.5 Å². The van der Waals surface area contributed by atoms with E-state index < -0.39 is 12.1 Å². The SMILES string of the molecule is CC(CNC1CCCC(C(F)(F)F)C1)CN1CCCC1. The van der Waals surface area contributed by atoms with Crippen molar-refractivity contribution in [3.8, 4) is 0 Å². The minimum absolute atomic E-state index is 0.0522. The summed E-state index contributed by atoms with van der Waals surface area (Å²) in [6.07, 6.45) is 0.726. The molecule has 2 nitrogen and oxygen atoms in total. The number of likely N-dealkylation sites (tertiary alicyclic amines) is 1. The van der Waals surface area contributed by atoms with Crippen LogP contribution in [0.25, 0.3) is 0 Å². The van der Waals surface area contributed by atoms with Gasteiger partial charge < -0.3 is 10.2 Å². The van der Waals surface area contributed by atoms with Gasteiger partial charge in [-0.1, -0.05) is 13.3 Å². The van der Waals surface area contributed by atoms with E-state index in [2.05, 4.69) is 17.1 Å². The fraction of sp³-hybridized carbons (Fsp3) is 1.00. The van der Waals surface area contributed by atoms with Gasteiger partial charge in [-0.25, -0.2) is 0 Å². The second-order valence-corrected chi connectivity index (χ2v) is 6.62. The number of hydrogen-bond acceptors (Lipinski definition) is 2. The number of hydrogen-bond donors (Lipinski definition) is 1. The third-order valence-electron chi connectivity index (χ3n) is 4.66. The monoisotopic (exact) mass is 292 g/mol. The van der Waals surface area contributed by atoms with Crippen LogP contribution in [0, 0.1) is 11.8 Å². The summed E-state index contributed by atoms with van der Waals surface area (Å²) in [7, 11) is 0. The second-order valence-electron chi connectivity index (χ2n) is 6.62. The molecule has 1 aliphatic heterocycles. The van der Waals surface area contributed by atoms with E-state index in [4.69, 9.17) is 0 Å². The molecular formula is C15H27F3N2. The predicted molar refractivity (Wildman–Crippen MR) is 74.6 cm³/mol.